The highest BCUT2D eigenvalue weighted by Crippen LogP contribution is 2.24. The topological polar surface area (TPSA) is 40.2 Å². The third-order valence-electron chi connectivity index (χ3n) is 4.54. The molecule has 1 saturated heterocycles. The van der Waals surface area contributed by atoms with E-state index in [1.165, 1.54) is 6.07 Å². The average molecular weight is 328 g/mol. The van der Waals surface area contributed by atoms with Crippen LogP contribution in [0.25, 0.3) is 0 Å². The second-order valence-corrected chi connectivity index (χ2v) is 6.53. The van der Waals surface area contributed by atoms with Gasteiger partial charge in [-0.2, -0.15) is 0 Å². The van der Waals surface area contributed by atoms with E-state index in [9.17, 15) is 4.39 Å². The molecular formula is C19H25FN4. The lowest BCUT2D eigenvalue weighted by molar-refractivity contribution is 0.502. The highest BCUT2D eigenvalue weighted by molar-refractivity contribution is 5.37. The molecule has 0 saturated carbocycles. The zero-order valence-corrected chi connectivity index (χ0v) is 14.3. The summed E-state index contributed by atoms with van der Waals surface area (Å²) < 4.78 is 13.3. The van der Waals surface area contributed by atoms with Crippen molar-refractivity contribution in [2.24, 2.45) is 0 Å². The third kappa shape index (κ3) is 4.30. The van der Waals surface area contributed by atoms with Gasteiger partial charge in [0.25, 0.3) is 0 Å². The largest absolute Gasteiger partial charge is 0.360 e. The maximum atomic E-state index is 13.3. The van der Waals surface area contributed by atoms with Crippen molar-refractivity contribution in [2.75, 3.05) is 18.5 Å². The van der Waals surface area contributed by atoms with Gasteiger partial charge in [0.15, 0.2) is 0 Å². The summed E-state index contributed by atoms with van der Waals surface area (Å²) >= 11 is 0. The molecule has 1 aromatic carbocycles. The van der Waals surface area contributed by atoms with E-state index < -0.39 is 0 Å². The number of rotatable bonds is 6. The Morgan fingerprint density at radius 2 is 2.04 bits per heavy atom. The molecule has 1 aromatic heterocycles. The first-order chi connectivity index (χ1) is 11.6. The number of aryl methyl sites for hydroxylation is 1. The van der Waals surface area contributed by atoms with E-state index in [1.807, 2.05) is 31.2 Å². The van der Waals surface area contributed by atoms with Gasteiger partial charge in [-0.05, 0) is 56.0 Å². The summed E-state index contributed by atoms with van der Waals surface area (Å²) in [5.41, 5.74) is 8.67. The van der Waals surface area contributed by atoms with E-state index in [2.05, 4.69) is 27.8 Å². The fraction of sp³-hybridized carbons (Fsp3) is 0.421. The van der Waals surface area contributed by atoms with Gasteiger partial charge in [-0.1, -0.05) is 18.2 Å². The molecule has 0 aliphatic carbocycles. The molecule has 1 fully saturated rings. The number of pyridine rings is 1. The van der Waals surface area contributed by atoms with Crippen LogP contribution in [-0.4, -0.2) is 24.6 Å². The fourth-order valence-electron chi connectivity index (χ4n) is 3.18. The van der Waals surface area contributed by atoms with Crippen LogP contribution >= 0.6 is 0 Å². The summed E-state index contributed by atoms with van der Waals surface area (Å²) in [4.78, 5) is 6.74. The van der Waals surface area contributed by atoms with Crippen LogP contribution in [0.3, 0.4) is 0 Å². The molecule has 4 nitrogen and oxygen atoms in total. The van der Waals surface area contributed by atoms with Gasteiger partial charge in [0, 0.05) is 31.4 Å². The van der Waals surface area contributed by atoms with Crippen molar-refractivity contribution in [2.45, 2.75) is 38.3 Å². The van der Waals surface area contributed by atoms with Crippen LogP contribution in [0, 0.1) is 12.7 Å². The number of hydrogen-bond donors (Lipinski definition) is 2. The summed E-state index contributed by atoms with van der Waals surface area (Å²) in [6, 6.07) is 13.5. The summed E-state index contributed by atoms with van der Waals surface area (Å²) in [7, 11) is 2.08. The Balaban J connectivity index is 1.45. The number of hydrogen-bond acceptors (Lipinski definition) is 4. The summed E-state index contributed by atoms with van der Waals surface area (Å²) in [6.07, 6.45) is 3.15. The highest BCUT2D eigenvalue weighted by atomic mass is 19.1. The number of anilines is 1. The number of halogens is 1. The first-order valence-corrected chi connectivity index (χ1v) is 8.53. The van der Waals surface area contributed by atoms with Crippen molar-refractivity contribution in [3.63, 3.8) is 0 Å². The van der Waals surface area contributed by atoms with E-state index in [4.69, 9.17) is 0 Å². The Bertz CT molecular complexity index is 676. The molecule has 1 aliphatic heterocycles. The SMILES string of the molecule is Cc1cccc(N(C)CCCC2CC(c3cccc(F)c3)NN2)n1. The molecule has 24 heavy (non-hydrogen) atoms. The minimum atomic E-state index is -0.176. The molecule has 2 aromatic rings. The summed E-state index contributed by atoms with van der Waals surface area (Å²) in [6.45, 7) is 2.98. The quantitative estimate of drug-likeness (QED) is 0.853. The molecule has 128 valence electrons. The van der Waals surface area contributed by atoms with E-state index >= 15 is 0 Å². The van der Waals surface area contributed by atoms with Crippen molar-refractivity contribution >= 4 is 5.82 Å². The van der Waals surface area contributed by atoms with Crippen LogP contribution < -0.4 is 15.8 Å². The van der Waals surface area contributed by atoms with Crippen molar-refractivity contribution in [3.8, 4) is 0 Å². The van der Waals surface area contributed by atoms with Crippen LogP contribution in [0.15, 0.2) is 42.5 Å². The zero-order chi connectivity index (χ0) is 16.9. The standard InChI is InChI=1S/C19H25FN4/c1-14-6-3-10-19(21-14)24(2)11-5-9-17-13-18(23-22-17)15-7-4-8-16(20)12-15/h3-4,6-8,10,12,17-18,22-23H,5,9,11,13H2,1-2H3. The summed E-state index contributed by atoms with van der Waals surface area (Å²) in [5, 5.41) is 0. The Hall–Kier alpha value is -1.98. The Labute approximate surface area is 143 Å². The van der Waals surface area contributed by atoms with Crippen molar-refractivity contribution in [1.82, 2.24) is 15.8 Å². The van der Waals surface area contributed by atoms with Gasteiger partial charge in [-0.3, -0.25) is 10.9 Å². The minimum absolute atomic E-state index is 0.176. The van der Waals surface area contributed by atoms with E-state index in [0.717, 1.165) is 42.9 Å². The number of nitrogens with zero attached hydrogens (tertiary/aromatic N) is 2. The Morgan fingerprint density at radius 1 is 1.21 bits per heavy atom. The van der Waals surface area contributed by atoms with Crippen LogP contribution in [0.2, 0.25) is 0 Å². The lowest BCUT2D eigenvalue weighted by atomic mass is 9.99. The molecule has 0 spiro atoms. The van der Waals surface area contributed by atoms with Crippen LogP contribution in [0.4, 0.5) is 10.2 Å². The van der Waals surface area contributed by atoms with Gasteiger partial charge in [-0.25, -0.2) is 9.37 Å². The molecule has 2 heterocycles. The molecule has 1 aliphatic rings. The third-order valence-corrected chi connectivity index (χ3v) is 4.54. The van der Waals surface area contributed by atoms with E-state index in [1.54, 1.807) is 12.1 Å². The van der Waals surface area contributed by atoms with Crippen LogP contribution in [0.5, 0.6) is 0 Å². The second-order valence-electron chi connectivity index (χ2n) is 6.53. The number of hydrazine groups is 1. The van der Waals surface area contributed by atoms with Crippen LogP contribution in [-0.2, 0) is 0 Å². The second kappa shape index (κ2) is 7.73. The average Bonchev–Trinajstić information content (AvgIpc) is 3.04. The van der Waals surface area contributed by atoms with Crippen LogP contribution in [0.1, 0.15) is 36.6 Å². The number of benzene rings is 1. The monoisotopic (exact) mass is 328 g/mol. The first kappa shape index (κ1) is 16.9. The molecule has 0 radical (unpaired) electrons. The van der Waals surface area contributed by atoms with Gasteiger partial charge >= 0.3 is 0 Å². The Kier molecular flexibility index (Phi) is 5.43. The first-order valence-electron chi connectivity index (χ1n) is 8.53. The Morgan fingerprint density at radius 3 is 2.83 bits per heavy atom. The molecule has 0 bridgehead atoms. The van der Waals surface area contributed by atoms with Gasteiger partial charge in [0.2, 0.25) is 0 Å². The zero-order valence-electron chi connectivity index (χ0n) is 14.3. The van der Waals surface area contributed by atoms with Gasteiger partial charge < -0.3 is 4.90 Å². The maximum Gasteiger partial charge on any atom is 0.128 e. The molecule has 0 amide bonds. The van der Waals surface area contributed by atoms with Crippen molar-refractivity contribution < 1.29 is 4.39 Å². The highest BCUT2D eigenvalue weighted by Gasteiger charge is 2.24. The lowest BCUT2D eigenvalue weighted by Crippen LogP contribution is -2.31. The molecule has 2 atom stereocenters. The molecule has 5 heteroatoms. The van der Waals surface area contributed by atoms with Gasteiger partial charge in [0.1, 0.15) is 11.6 Å². The normalized spacial score (nSPS) is 20.3. The van der Waals surface area contributed by atoms with Crippen molar-refractivity contribution in [1.29, 1.82) is 0 Å². The van der Waals surface area contributed by atoms with E-state index in [0.29, 0.717) is 6.04 Å². The maximum absolute atomic E-state index is 13.3. The molecule has 2 N–H and O–H groups in total. The smallest absolute Gasteiger partial charge is 0.128 e. The minimum Gasteiger partial charge on any atom is -0.360 e. The fourth-order valence-corrected chi connectivity index (χ4v) is 3.18. The predicted octanol–water partition coefficient (Wildman–Crippen LogP) is 3.35. The number of aromatic nitrogens is 1. The number of nitrogens with one attached hydrogen (secondary N) is 2. The molecule has 3 rings (SSSR count). The predicted molar refractivity (Wildman–Crippen MR) is 95.3 cm³/mol. The van der Waals surface area contributed by atoms with Gasteiger partial charge in [0.05, 0.1) is 0 Å². The lowest BCUT2D eigenvalue weighted by Gasteiger charge is -2.19. The summed E-state index contributed by atoms with van der Waals surface area (Å²) in [5.74, 6) is 0.843. The van der Waals surface area contributed by atoms with Crippen molar-refractivity contribution in [3.05, 3.63) is 59.5 Å². The van der Waals surface area contributed by atoms with E-state index in [-0.39, 0.29) is 11.9 Å². The molecular weight excluding hydrogens is 303 g/mol. The van der Waals surface area contributed by atoms with Gasteiger partial charge in [-0.15, -0.1) is 0 Å². The molecule has 2 unspecified atom stereocenters.